The zero-order valence-electron chi connectivity index (χ0n) is 20.5. The number of carboxylic acids is 1. The Hall–Kier alpha value is -3.32. The number of hydrogen-bond donors (Lipinski definition) is 1. The summed E-state index contributed by atoms with van der Waals surface area (Å²) in [5, 5.41) is 15.0. The summed E-state index contributed by atoms with van der Waals surface area (Å²) in [6, 6.07) is 5.58. The summed E-state index contributed by atoms with van der Waals surface area (Å²) in [6.45, 7) is 6.09. The van der Waals surface area contributed by atoms with Gasteiger partial charge in [-0.2, -0.15) is 0 Å². The van der Waals surface area contributed by atoms with E-state index in [2.05, 4.69) is 22.0 Å². The van der Waals surface area contributed by atoms with Crippen molar-refractivity contribution in [3.05, 3.63) is 52.6 Å². The third-order valence-electron chi connectivity index (χ3n) is 7.39. The number of rotatable bonds is 8. The van der Waals surface area contributed by atoms with Crippen LogP contribution >= 0.6 is 11.6 Å². The van der Waals surface area contributed by atoms with E-state index in [0.29, 0.717) is 40.8 Å². The van der Waals surface area contributed by atoms with E-state index in [4.69, 9.17) is 25.8 Å². The third kappa shape index (κ3) is 3.86. The molecule has 0 bridgehead atoms. The molecule has 0 spiro atoms. The standard InChI is InChI=1S/C28H28ClN3O4/c1-4-35-23-11-18(28(33)34)10-22(29)25(23)21-13-32(26(16-5-6-16)17-7-8-17)27-20(21)9-19(12-30-27)24-14(2)31-36-15(24)3/h9-13,16-17,26H,4-8H2,1-3H3,(H,33,34). The summed E-state index contributed by atoms with van der Waals surface area (Å²) in [7, 11) is 0. The number of carboxylic acid groups (broad SMARTS) is 1. The van der Waals surface area contributed by atoms with Crippen LogP contribution in [0.25, 0.3) is 33.3 Å². The van der Waals surface area contributed by atoms with Crippen LogP contribution in [0.4, 0.5) is 0 Å². The Balaban J connectivity index is 1.62. The van der Waals surface area contributed by atoms with Gasteiger partial charge < -0.3 is 18.9 Å². The minimum Gasteiger partial charge on any atom is -0.493 e. The third-order valence-corrected chi connectivity index (χ3v) is 7.69. The minimum atomic E-state index is -1.04. The number of hydrogen-bond acceptors (Lipinski definition) is 5. The largest absolute Gasteiger partial charge is 0.493 e. The SMILES string of the molecule is CCOc1cc(C(=O)O)cc(Cl)c1-c1cn(C(C2CC2)C2CC2)c2ncc(-c3c(C)noc3C)cc12. The summed E-state index contributed by atoms with van der Waals surface area (Å²) >= 11 is 6.78. The fraction of sp³-hybridized carbons (Fsp3) is 0.393. The molecule has 0 unspecified atom stereocenters. The molecule has 0 aliphatic heterocycles. The predicted octanol–water partition coefficient (Wildman–Crippen LogP) is 7.09. The molecule has 8 heteroatoms. The lowest BCUT2D eigenvalue weighted by atomic mass is 9.99. The molecular weight excluding hydrogens is 478 g/mol. The number of pyridine rings is 1. The van der Waals surface area contributed by atoms with Crippen molar-refractivity contribution in [2.75, 3.05) is 6.61 Å². The maximum Gasteiger partial charge on any atom is 0.335 e. The second-order valence-corrected chi connectivity index (χ2v) is 10.4. The minimum absolute atomic E-state index is 0.0966. The lowest BCUT2D eigenvalue weighted by Gasteiger charge is -2.19. The van der Waals surface area contributed by atoms with Gasteiger partial charge in [-0.25, -0.2) is 9.78 Å². The van der Waals surface area contributed by atoms with Crippen LogP contribution in [0.3, 0.4) is 0 Å². The number of aryl methyl sites for hydroxylation is 2. The summed E-state index contributed by atoms with van der Waals surface area (Å²) in [5.74, 6) is 1.49. The monoisotopic (exact) mass is 505 g/mol. The van der Waals surface area contributed by atoms with Gasteiger partial charge in [0.1, 0.15) is 17.2 Å². The van der Waals surface area contributed by atoms with Gasteiger partial charge in [0.15, 0.2) is 0 Å². The molecule has 1 N–H and O–H groups in total. The first-order chi connectivity index (χ1) is 17.4. The Morgan fingerprint density at radius 2 is 1.92 bits per heavy atom. The van der Waals surface area contributed by atoms with Crippen molar-refractivity contribution >= 4 is 28.6 Å². The quantitative estimate of drug-likeness (QED) is 0.275. The molecule has 36 heavy (non-hydrogen) atoms. The molecule has 0 amide bonds. The second-order valence-electron chi connectivity index (χ2n) is 9.98. The summed E-state index contributed by atoms with van der Waals surface area (Å²) in [5.41, 5.74) is 5.25. The number of benzene rings is 1. The molecule has 3 heterocycles. The van der Waals surface area contributed by atoms with Gasteiger partial charge in [0.2, 0.25) is 0 Å². The Labute approximate surface area is 214 Å². The van der Waals surface area contributed by atoms with Gasteiger partial charge in [0.25, 0.3) is 0 Å². The van der Waals surface area contributed by atoms with Gasteiger partial charge in [-0.05, 0) is 76.5 Å². The van der Waals surface area contributed by atoms with Gasteiger partial charge in [-0.1, -0.05) is 16.8 Å². The van der Waals surface area contributed by atoms with Gasteiger partial charge in [0, 0.05) is 46.1 Å². The van der Waals surface area contributed by atoms with Crippen molar-refractivity contribution < 1.29 is 19.2 Å². The van der Waals surface area contributed by atoms with Crippen molar-refractivity contribution in [1.82, 2.24) is 14.7 Å². The molecule has 3 aromatic heterocycles. The van der Waals surface area contributed by atoms with E-state index >= 15 is 0 Å². The van der Waals surface area contributed by atoms with E-state index in [-0.39, 0.29) is 5.56 Å². The zero-order chi connectivity index (χ0) is 25.1. The van der Waals surface area contributed by atoms with E-state index in [1.165, 1.54) is 31.7 Å². The smallest absolute Gasteiger partial charge is 0.335 e. The van der Waals surface area contributed by atoms with Crippen molar-refractivity contribution in [2.45, 2.75) is 52.5 Å². The first kappa shape index (κ1) is 23.1. The number of aromatic carboxylic acids is 1. The second kappa shape index (κ2) is 8.66. The van der Waals surface area contributed by atoms with Crippen LogP contribution < -0.4 is 4.74 Å². The van der Waals surface area contributed by atoms with E-state index in [9.17, 15) is 9.90 Å². The van der Waals surface area contributed by atoms with Crippen molar-refractivity contribution in [3.63, 3.8) is 0 Å². The van der Waals surface area contributed by atoms with Crippen molar-refractivity contribution in [3.8, 4) is 28.0 Å². The Bertz CT molecular complexity index is 1460. The van der Waals surface area contributed by atoms with Crippen molar-refractivity contribution in [1.29, 1.82) is 0 Å². The van der Waals surface area contributed by atoms with Crippen LogP contribution in [0.1, 0.15) is 60.5 Å². The number of fused-ring (bicyclic) bond motifs is 1. The van der Waals surface area contributed by atoms with Gasteiger partial charge in [-0.15, -0.1) is 0 Å². The average Bonchev–Trinajstić information content (AvgIpc) is 3.77. The van der Waals surface area contributed by atoms with Crippen LogP contribution in [0.5, 0.6) is 5.75 Å². The molecule has 186 valence electrons. The van der Waals surface area contributed by atoms with Crippen LogP contribution in [0.15, 0.2) is 35.1 Å². The van der Waals surface area contributed by atoms with E-state index < -0.39 is 5.97 Å². The molecule has 6 rings (SSSR count). The predicted molar refractivity (Wildman–Crippen MR) is 138 cm³/mol. The van der Waals surface area contributed by atoms with Gasteiger partial charge in [0.05, 0.1) is 22.9 Å². The normalized spacial score (nSPS) is 15.7. The summed E-state index contributed by atoms with van der Waals surface area (Å²) < 4.78 is 13.7. The highest BCUT2D eigenvalue weighted by Gasteiger charge is 2.43. The molecule has 2 aliphatic rings. The Kier molecular flexibility index (Phi) is 5.56. The van der Waals surface area contributed by atoms with E-state index in [1.54, 1.807) is 6.07 Å². The lowest BCUT2D eigenvalue weighted by molar-refractivity contribution is 0.0696. The fourth-order valence-corrected chi connectivity index (χ4v) is 5.85. The van der Waals surface area contributed by atoms with Crippen LogP contribution in [0, 0.1) is 25.7 Å². The first-order valence-electron chi connectivity index (χ1n) is 12.5. The molecule has 2 fully saturated rings. The first-order valence-corrected chi connectivity index (χ1v) is 12.9. The average molecular weight is 506 g/mol. The fourth-order valence-electron chi connectivity index (χ4n) is 5.54. The van der Waals surface area contributed by atoms with Gasteiger partial charge >= 0.3 is 5.97 Å². The number of aromatic nitrogens is 3. The number of nitrogens with zero attached hydrogens (tertiary/aromatic N) is 3. The number of ether oxygens (including phenoxy) is 1. The number of halogens is 1. The number of carbonyl (C=O) groups is 1. The molecule has 0 atom stereocenters. The molecule has 7 nitrogen and oxygen atoms in total. The topological polar surface area (TPSA) is 90.4 Å². The zero-order valence-corrected chi connectivity index (χ0v) is 21.3. The highest BCUT2D eigenvalue weighted by atomic mass is 35.5. The van der Waals surface area contributed by atoms with E-state index in [0.717, 1.165) is 39.2 Å². The maximum atomic E-state index is 11.7. The van der Waals surface area contributed by atoms with E-state index in [1.807, 2.05) is 27.0 Å². The molecule has 4 aromatic rings. The molecule has 0 radical (unpaired) electrons. The molecule has 0 saturated heterocycles. The van der Waals surface area contributed by atoms with Crippen molar-refractivity contribution in [2.24, 2.45) is 11.8 Å². The Morgan fingerprint density at radius 1 is 1.19 bits per heavy atom. The van der Waals surface area contributed by atoms with Crippen LogP contribution in [-0.4, -0.2) is 32.4 Å². The molecule has 1 aromatic carbocycles. The summed E-state index contributed by atoms with van der Waals surface area (Å²) in [4.78, 5) is 16.7. The van der Waals surface area contributed by atoms with Gasteiger partial charge in [-0.3, -0.25) is 0 Å². The lowest BCUT2D eigenvalue weighted by Crippen LogP contribution is -2.13. The highest BCUT2D eigenvalue weighted by Crippen LogP contribution is 2.54. The molecular formula is C28H28ClN3O4. The Morgan fingerprint density at radius 3 is 2.50 bits per heavy atom. The van der Waals surface area contributed by atoms with Crippen LogP contribution in [0.2, 0.25) is 5.02 Å². The molecule has 2 saturated carbocycles. The maximum absolute atomic E-state index is 11.7. The highest BCUT2D eigenvalue weighted by molar-refractivity contribution is 6.34. The van der Waals surface area contributed by atoms with Crippen LogP contribution in [-0.2, 0) is 0 Å². The summed E-state index contributed by atoms with van der Waals surface area (Å²) in [6.07, 6.45) is 9.01. The molecule has 2 aliphatic carbocycles.